The van der Waals surface area contributed by atoms with Gasteiger partial charge in [0.2, 0.25) is 5.75 Å². The lowest BCUT2D eigenvalue weighted by Gasteiger charge is -2.13. The van der Waals surface area contributed by atoms with Gasteiger partial charge in [-0.2, -0.15) is 0 Å². The van der Waals surface area contributed by atoms with Crippen LogP contribution in [-0.2, 0) is 0 Å². The first-order chi connectivity index (χ1) is 13.5. The van der Waals surface area contributed by atoms with Crippen molar-refractivity contribution in [3.63, 3.8) is 0 Å². The molecule has 0 saturated heterocycles. The van der Waals surface area contributed by atoms with Crippen molar-refractivity contribution in [1.82, 2.24) is 0 Å². The monoisotopic (exact) mass is 385 g/mol. The Morgan fingerprint density at radius 3 is 2.07 bits per heavy atom. The van der Waals surface area contributed by atoms with Crippen molar-refractivity contribution < 1.29 is 23.7 Å². The molecule has 0 unspecified atom stereocenters. The molecule has 0 bridgehead atoms. The lowest BCUT2D eigenvalue weighted by Crippen LogP contribution is -2.05. The van der Waals surface area contributed by atoms with Gasteiger partial charge in [0.05, 0.1) is 33.6 Å². The molecule has 0 fully saturated rings. The third kappa shape index (κ3) is 4.57. The summed E-state index contributed by atoms with van der Waals surface area (Å²) in [6.45, 7) is 4.33. The third-order valence-corrected chi connectivity index (χ3v) is 4.27. The van der Waals surface area contributed by atoms with Crippen LogP contribution in [0.5, 0.6) is 23.0 Å². The molecule has 0 aromatic heterocycles. The molecule has 0 saturated carbocycles. The van der Waals surface area contributed by atoms with Crippen molar-refractivity contribution in [3.05, 3.63) is 47.0 Å². The van der Waals surface area contributed by atoms with E-state index in [4.69, 9.17) is 24.7 Å². The molecule has 2 aromatic carbocycles. The first-order valence-electron chi connectivity index (χ1n) is 9.06. The summed E-state index contributed by atoms with van der Waals surface area (Å²) < 4.78 is 21.5. The maximum Gasteiger partial charge on any atom is 0.203 e. The molecule has 2 rings (SSSR count). The topological polar surface area (TPSA) is 80.0 Å². The van der Waals surface area contributed by atoms with Crippen LogP contribution in [-0.4, -0.2) is 33.7 Å². The molecule has 0 heterocycles. The van der Waals surface area contributed by atoms with Crippen molar-refractivity contribution in [2.45, 2.75) is 20.3 Å². The van der Waals surface area contributed by atoms with E-state index in [0.717, 1.165) is 5.56 Å². The highest BCUT2D eigenvalue weighted by Gasteiger charge is 2.16. The Hall–Kier alpha value is -3.15. The van der Waals surface area contributed by atoms with Gasteiger partial charge in [0.15, 0.2) is 17.3 Å². The molecule has 28 heavy (non-hydrogen) atoms. The van der Waals surface area contributed by atoms with Crippen LogP contribution in [0.4, 0.5) is 5.69 Å². The van der Waals surface area contributed by atoms with Crippen LogP contribution < -0.4 is 24.7 Å². The van der Waals surface area contributed by atoms with Crippen LogP contribution in [0.25, 0.3) is 6.08 Å². The predicted molar refractivity (Wildman–Crippen MR) is 111 cm³/mol. The number of allylic oxidation sites excluding steroid dienone is 1. The number of benzene rings is 2. The second kappa shape index (κ2) is 9.69. The summed E-state index contributed by atoms with van der Waals surface area (Å²) in [6.07, 6.45) is 2.38. The number of nitrogen functional groups attached to an aromatic ring is 1. The Morgan fingerprint density at radius 2 is 1.61 bits per heavy atom. The molecule has 6 heteroatoms. The molecule has 0 aliphatic heterocycles. The van der Waals surface area contributed by atoms with Gasteiger partial charge in [0.1, 0.15) is 5.75 Å². The number of methoxy groups -OCH3 is 3. The number of Topliss-reactive ketones (excluding diaryl/α,β-unsaturated/α-hetero) is 1. The van der Waals surface area contributed by atoms with Crippen molar-refractivity contribution in [2.75, 3.05) is 33.7 Å². The Bertz CT molecular complexity index is 848. The number of carbonyl (C=O) groups excluding carboxylic acids is 1. The minimum atomic E-state index is -0.0917. The number of rotatable bonds is 9. The molecular weight excluding hydrogens is 358 g/mol. The van der Waals surface area contributed by atoms with Crippen molar-refractivity contribution in [2.24, 2.45) is 0 Å². The molecular formula is C22H27NO5. The molecule has 0 atom stereocenters. The van der Waals surface area contributed by atoms with Crippen molar-refractivity contribution >= 4 is 17.5 Å². The Kier molecular flexibility index (Phi) is 7.32. The molecule has 0 aliphatic carbocycles. The minimum Gasteiger partial charge on any atom is -0.493 e. The number of hydrogen-bond donors (Lipinski definition) is 1. The van der Waals surface area contributed by atoms with Gasteiger partial charge in [-0.25, -0.2) is 0 Å². The van der Waals surface area contributed by atoms with E-state index >= 15 is 0 Å². The number of anilines is 1. The van der Waals surface area contributed by atoms with E-state index in [1.54, 1.807) is 51.7 Å². The summed E-state index contributed by atoms with van der Waals surface area (Å²) in [7, 11) is 4.66. The average Bonchev–Trinajstić information content (AvgIpc) is 2.72. The lowest BCUT2D eigenvalue weighted by molar-refractivity contribution is 0.103. The number of nitrogens with two attached hydrogens (primary N) is 1. The van der Waals surface area contributed by atoms with E-state index in [9.17, 15) is 4.79 Å². The standard InChI is InChI=1S/C22H27NO5/c1-6-15(21(24)16-8-9-18(28-7-2)17(23)13-16)10-14-11-19(25-3)22(27-5)20(12-14)26-4/h8-13H,6-7,23H2,1-5H3/b15-10+. The first-order valence-corrected chi connectivity index (χ1v) is 9.06. The van der Waals surface area contributed by atoms with E-state index in [1.807, 2.05) is 19.9 Å². The summed E-state index contributed by atoms with van der Waals surface area (Å²) in [5.74, 6) is 2.05. The Morgan fingerprint density at radius 1 is 0.964 bits per heavy atom. The molecule has 0 amide bonds. The fourth-order valence-corrected chi connectivity index (χ4v) is 2.88. The summed E-state index contributed by atoms with van der Waals surface area (Å²) in [5, 5.41) is 0. The molecule has 2 aromatic rings. The zero-order chi connectivity index (χ0) is 20.7. The van der Waals surface area contributed by atoms with Crippen LogP contribution in [0.1, 0.15) is 36.2 Å². The SMILES string of the molecule is CCOc1ccc(C(=O)/C(=C/c2cc(OC)c(OC)c(OC)c2)CC)cc1N. The predicted octanol–water partition coefficient (Wildman–Crippen LogP) is 4.37. The number of carbonyl (C=O) groups is 1. The fraction of sp³-hybridized carbons (Fsp3) is 0.318. The molecule has 150 valence electrons. The number of ether oxygens (including phenoxy) is 4. The zero-order valence-corrected chi connectivity index (χ0v) is 17.0. The third-order valence-electron chi connectivity index (χ3n) is 4.27. The molecule has 6 nitrogen and oxygen atoms in total. The van der Waals surface area contributed by atoms with Gasteiger partial charge in [-0.1, -0.05) is 6.92 Å². The molecule has 0 aliphatic rings. The van der Waals surface area contributed by atoms with E-state index in [1.165, 1.54) is 0 Å². The quantitative estimate of drug-likeness (QED) is 0.392. The second-order valence-corrected chi connectivity index (χ2v) is 6.00. The molecule has 0 spiro atoms. The Labute approximate surface area is 165 Å². The molecule has 2 N–H and O–H groups in total. The van der Waals surface area contributed by atoms with Gasteiger partial charge < -0.3 is 24.7 Å². The van der Waals surface area contributed by atoms with Gasteiger partial charge in [-0.05, 0) is 55.3 Å². The Balaban J connectivity index is 2.43. The van der Waals surface area contributed by atoms with E-state index in [0.29, 0.717) is 52.8 Å². The van der Waals surface area contributed by atoms with E-state index < -0.39 is 0 Å². The summed E-state index contributed by atoms with van der Waals surface area (Å²) >= 11 is 0. The van der Waals surface area contributed by atoms with Crippen LogP contribution in [0.3, 0.4) is 0 Å². The van der Waals surface area contributed by atoms with E-state index in [-0.39, 0.29) is 5.78 Å². The van der Waals surface area contributed by atoms with E-state index in [2.05, 4.69) is 0 Å². The van der Waals surface area contributed by atoms with Gasteiger partial charge in [-0.3, -0.25) is 4.79 Å². The highest BCUT2D eigenvalue weighted by Crippen LogP contribution is 2.39. The van der Waals surface area contributed by atoms with Crippen molar-refractivity contribution in [1.29, 1.82) is 0 Å². The minimum absolute atomic E-state index is 0.0917. The zero-order valence-electron chi connectivity index (χ0n) is 17.0. The molecule has 0 radical (unpaired) electrons. The highest BCUT2D eigenvalue weighted by atomic mass is 16.5. The second-order valence-electron chi connectivity index (χ2n) is 6.00. The average molecular weight is 385 g/mol. The summed E-state index contributed by atoms with van der Waals surface area (Å²) in [5.41, 5.74) is 8.37. The number of ketones is 1. The summed E-state index contributed by atoms with van der Waals surface area (Å²) in [6, 6.07) is 8.70. The lowest BCUT2D eigenvalue weighted by atomic mass is 9.98. The van der Waals surface area contributed by atoms with Gasteiger partial charge >= 0.3 is 0 Å². The summed E-state index contributed by atoms with van der Waals surface area (Å²) in [4.78, 5) is 13.0. The van der Waals surface area contributed by atoms with Crippen LogP contribution in [0, 0.1) is 0 Å². The number of hydrogen-bond acceptors (Lipinski definition) is 6. The smallest absolute Gasteiger partial charge is 0.203 e. The largest absolute Gasteiger partial charge is 0.493 e. The normalized spacial score (nSPS) is 11.1. The van der Waals surface area contributed by atoms with Gasteiger partial charge in [0.25, 0.3) is 0 Å². The maximum atomic E-state index is 13.0. The first kappa shape index (κ1) is 21.2. The fourth-order valence-electron chi connectivity index (χ4n) is 2.88. The van der Waals surface area contributed by atoms with Crippen LogP contribution >= 0.6 is 0 Å². The van der Waals surface area contributed by atoms with Crippen LogP contribution in [0.2, 0.25) is 0 Å². The highest BCUT2D eigenvalue weighted by molar-refractivity contribution is 6.11. The van der Waals surface area contributed by atoms with Crippen LogP contribution in [0.15, 0.2) is 35.9 Å². The van der Waals surface area contributed by atoms with Gasteiger partial charge in [-0.15, -0.1) is 0 Å². The maximum absolute atomic E-state index is 13.0. The van der Waals surface area contributed by atoms with Crippen molar-refractivity contribution in [3.8, 4) is 23.0 Å². The van der Waals surface area contributed by atoms with Gasteiger partial charge in [0, 0.05) is 11.1 Å².